The van der Waals surface area contributed by atoms with Gasteiger partial charge in [0, 0.05) is 50.2 Å². The summed E-state index contributed by atoms with van der Waals surface area (Å²) in [4.78, 5) is 22.4. The summed E-state index contributed by atoms with van der Waals surface area (Å²) in [6.45, 7) is 3.07. The number of nitrogens with one attached hydrogen (secondary N) is 1. The third-order valence-corrected chi connectivity index (χ3v) is 5.72. The van der Waals surface area contributed by atoms with Crippen LogP contribution in [0.15, 0.2) is 59.7 Å². The number of benzene rings is 1. The molecule has 0 bridgehead atoms. The molecule has 1 aromatic carbocycles. The fourth-order valence-corrected chi connectivity index (χ4v) is 4.28. The summed E-state index contributed by atoms with van der Waals surface area (Å²) in [5.74, 6) is 0. The molecule has 0 atom stereocenters. The molecule has 0 radical (unpaired) electrons. The second kappa shape index (κ2) is 6.70. The van der Waals surface area contributed by atoms with Gasteiger partial charge in [-0.05, 0) is 37.1 Å². The third kappa shape index (κ3) is 2.96. The van der Waals surface area contributed by atoms with E-state index in [9.17, 15) is 4.79 Å². The minimum Gasteiger partial charge on any atom is -0.306 e. The summed E-state index contributed by atoms with van der Waals surface area (Å²) >= 11 is 0. The van der Waals surface area contributed by atoms with E-state index in [0.717, 1.165) is 55.6 Å². The van der Waals surface area contributed by atoms with Crippen LogP contribution in [0.1, 0.15) is 24.6 Å². The molecule has 4 aromatic rings. The minimum atomic E-state index is 0.0142. The van der Waals surface area contributed by atoms with Crippen molar-refractivity contribution in [2.24, 2.45) is 0 Å². The average molecular weight is 361 g/mol. The van der Waals surface area contributed by atoms with Gasteiger partial charge in [-0.1, -0.05) is 18.2 Å². The van der Waals surface area contributed by atoms with Gasteiger partial charge in [0.1, 0.15) is 5.65 Å². The van der Waals surface area contributed by atoms with E-state index in [1.165, 1.54) is 5.69 Å². The van der Waals surface area contributed by atoms with Gasteiger partial charge in [-0.15, -0.1) is 0 Å². The van der Waals surface area contributed by atoms with Crippen molar-refractivity contribution >= 4 is 16.7 Å². The third-order valence-electron chi connectivity index (χ3n) is 5.72. The van der Waals surface area contributed by atoms with Gasteiger partial charge in [0.15, 0.2) is 0 Å². The first-order chi connectivity index (χ1) is 13.3. The highest BCUT2D eigenvalue weighted by molar-refractivity contribution is 5.75. The molecule has 1 saturated heterocycles. The van der Waals surface area contributed by atoms with Crippen LogP contribution < -0.4 is 5.69 Å². The van der Waals surface area contributed by atoms with Crippen LogP contribution in [0.4, 0.5) is 0 Å². The zero-order valence-corrected chi connectivity index (χ0v) is 15.2. The number of nitrogens with zero attached hydrogens (tertiary/aromatic N) is 4. The van der Waals surface area contributed by atoms with Gasteiger partial charge in [0.25, 0.3) is 0 Å². The Labute approximate surface area is 157 Å². The molecule has 1 N–H and O–H groups in total. The maximum atomic E-state index is 12.4. The van der Waals surface area contributed by atoms with Crippen LogP contribution in [0.3, 0.4) is 0 Å². The molecule has 1 aliphatic heterocycles. The molecule has 1 aliphatic rings. The largest absolute Gasteiger partial charge is 0.326 e. The highest BCUT2D eigenvalue weighted by Gasteiger charge is 2.23. The number of para-hydroxylation sites is 2. The lowest BCUT2D eigenvalue weighted by Gasteiger charge is -2.32. The highest BCUT2D eigenvalue weighted by atomic mass is 16.1. The number of fused-ring (bicyclic) bond motifs is 2. The summed E-state index contributed by atoms with van der Waals surface area (Å²) in [6.07, 6.45) is 7.06. The number of aromatic amines is 1. The molecule has 5 rings (SSSR count). The number of rotatable bonds is 4. The number of imidazole rings is 2. The molecular weight excluding hydrogens is 338 g/mol. The predicted molar refractivity (Wildman–Crippen MR) is 106 cm³/mol. The van der Waals surface area contributed by atoms with E-state index < -0.39 is 0 Å². The first-order valence-corrected chi connectivity index (χ1v) is 9.62. The quantitative estimate of drug-likeness (QED) is 0.608. The Hall–Kier alpha value is -2.86. The van der Waals surface area contributed by atoms with E-state index in [1.54, 1.807) is 0 Å². The van der Waals surface area contributed by atoms with Crippen LogP contribution in [0.2, 0.25) is 0 Å². The summed E-state index contributed by atoms with van der Waals surface area (Å²) in [5, 5.41) is 0. The van der Waals surface area contributed by atoms with Crippen LogP contribution in [0.5, 0.6) is 0 Å². The normalized spacial score (nSPS) is 16.4. The average Bonchev–Trinajstić information content (AvgIpc) is 3.27. The number of hydrogen-bond donors (Lipinski definition) is 1. The zero-order valence-electron chi connectivity index (χ0n) is 15.2. The van der Waals surface area contributed by atoms with Crippen LogP contribution in [-0.4, -0.2) is 43.5 Å². The molecule has 0 aliphatic carbocycles. The van der Waals surface area contributed by atoms with E-state index in [2.05, 4.69) is 25.5 Å². The van der Waals surface area contributed by atoms with Crippen molar-refractivity contribution in [3.8, 4) is 0 Å². The highest BCUT2D eigenvalue weighted by Crippen LogP contribution is 2.25. The fourth-order valence-electron chi connectivity index (χ4n) is 4.28. The second-order valence-electron chi connectivity index (χ2n) is 7.32. The first kappa shape index (κ1) is 16.3. The van der Waals surface area contributed by atoms with Gasteiger partial charge >= 0.3 is 5.69 Å². The van der Waals surface area contributed by atoms with Gasteiger partial charge in [0.05, 0.1) is 11.0 Å². The lowest BCUT2D eigenvalue weighted by molar-refractivity contribution is 0.188. The van der Waals surface area contributed by atoms with Crippen molar-refractivity contribution in [2.75, 3.05) is 19.6 Å². The molecule has 27 heavy (non-hydrogen) atoms. The van der Waals surface area contributed by atoms with Gasteiger partial charge in [-0.3, -0.25) is 4.57 Å². The standard InChI is InChI=1S/C21H23N5O/c27-21-23-18-5-1-2-6-19(18)26(21)16-8-12-24(13-9-16)14-10-17-15-22-20-7-3-4-11-25(17)20/h1-7,11,15-16H,8-10,12-14H2,(H,23,27). The molecule has 1 fully saturated rings. The van der Waals surface area contributed by atoms with Gasteiger partial charge in [0.2, 0.25) is 0 Å². The molecule has 0 spiro atoms. The molecule has 0 saturated carbocycles. The molecule has 6 heteroatoms. The fraction of sp³-hybridized carbons (Fsp3) is 0.333. The molecular formula is C21H23N5O. The molecule has 0 amide bonds. The minimum absolute atomic E-state index is 0.0142. The van der Waals surface area contributed by atoms with Crippen LogP contribution in [0, 0.1) is 0 Å². The first-order valence-electron chi connectivity index (χ1n) is 9.62. The summed E-state index contributed by atoms with van der Waals surface area (Å²) in [5.41, 5.74) is 4.22. The predicted octanol–water partition coefficient (Wildman–Crippen LogP) is 2.86. The molecule has 3 aromatic heterocycles. The Morgan fingerprint density at radius 1 is 1.07 bits per heavy atom. The number of H-pyrrole nitrogens is 1. The smallest absolute Gasteiger partial charge is 0.306 e. The number of aromatic nitrogens is 4. The topological polar surface area (TPSA) is 58.3 Å². The Kier molecular flexibility index (Phi) is 4.05. The maximum absolute atomic E-state index is 12.4. The Morgan fingerprint density at radius 2 is 1.89 bits per heavy atom. The summed E-state index contributed by atoms with van der Waals surface area (Å²) < 4.78 is 4.12. The van der Waals surface area contributed by atoms with Crippen molar-refractivity contribution in [1.29, 1.82) is 0 Å². The van der Waals surface area contributed by atoms with Crippen molar-refractivity contribution in [1.82, 2.24) is 23.8 Å². The molecule has 4 heterocycles. The van der Waals surface area contributed by atoms with Crippen LogP contribution in [0.25, 0.3) is 16.7 Å². The lowest BCUT2D eigenvalue weighted by Crippen LogP contribution is -2.38. The number of piperidine rings is 1. The molecule has 0 unspecified atom stereocenters. The zero-order chi connectivity index (χ0) is 18.2. The van der Waals surface area contributed by atoms with E-state index in [1.807, 2.05) is 53.2 Å². The van der Waals surface area contributed by atoms with E-state index in [4.69, 9.17) is 0 Å². The number of hydrogen-bond acceptors (Lipinski definition) is 3. The van der Waals surface area contributed by atoms with E-state index in [0.29, 0.717) is 0 Å². The van der Waals surface area contributed by atoms with E-state index in [-0.39, 0.29) is 11.7 Å². The Balaban J connectivity index is 1.25. The van der Waals surface area contributed by atoms with Crippen molar-refractivity contribution < 1.29 is 0 Å². The van der Waals surface area contributed by atoms with Crippen molar-refractivity contribution in [2.45, 2.75) is 25.3 Å². The Bertz CT molecular complexity index is 1130. The van der Waals surface area contributed by atoms with Gasteiger partial charge in [-0.25, -0.2) is 9.78 Å². The van der Waals surface area contributed by atoms with Gasteiger partial charge < -0.3 is 14.3 Å². The van der Waals surface area contributed by atoms with Crippen molar-refractivity contribution in [3.05, 3.63) is 71.0 Å². The van der Waals surface area contributed by atoms with Crippen LogP contribution >= 0.6 is 0 Å². The van der Waals surface area contributed by atoms with E-state index >= 15 is 0 Å². The van der Waals surface area contributed by atoms with Crippen molar-refractivity contribution in [3.63, 3.8) is 0 Å². The molecule has 6 nitrogen and oxygen atoms in total. The SMILES string of the molecule is O=c1[nH]c2ccccc2n1C1CCN(CCc2cnc3ccccn23)CC1. The summed E-state index contributed by atoms with van der Waals surface area (Å²) in [6, 6.07) is 14.3. The maximum Gasteiger partial charge on any atom is 0.326 e. The van der Waals surface area contributed by atoms with Crippen LogP contribution in [-0.2, 0) is 6.42 Å². The Morgan fingerprint density at radius 3 is 2.78 bits per heavy atom. The monoisotopic (exact) mass is 361 g/mol. The number of likely N-dealkylation sites (tertiary alicyclic amines) is 1. The van der Waals surface area contributed by atoms with Gasteiger partial charge in [-0.2, -0.15) is 0 Å². The molecule has 138 valence electrons. The number of pyridine rings is 1. The lowest BCUT2D eigenvalue weighted by atomic mass is 10.0. The summed E-state index contributed by atoms with van der Waals surface area (Å²) in [7, 11) is 0. The second-order valence-corrected chi connectivity index (χ2v) is 7.32.